The van der Waals surface area contributed by atoms with Crippen LogP contribution in [0.15, 0.2) is 30.3 Å². The fourth-order valence-corrected chi connectivity index (χ4v) is 7.84. The lowest BCUT2D eigenvalue weighted by Gasteiger charge is -2.69. The monoisotopic (exact) mass is 550 g/mol. The Balaban J connectivity index is 1.19. The number of morpholine rings is 1. The number of ether oxygens (including phenoxy) is 4. The number of anilines is 2. The molecule has 3 saturated carbocycles. The number of hydrogen-bond acceptors (Lipinski definition) is 9. The van der Waals surface area contributed by atoms with E-state index in [4.69, 9.17) is 23.9 Å². The molecule has 3 aliphatic carbocycles. The molecule has 1 aromatic heterocycles. The highest BCUT2D eigenvalue weighted by Gasteiger charge is 2.69. The van der Waals surface area contributed by atoms with Crippen LogP contribution in [-0.2, 0) is 9.47 Å². The Bertz CT molecular complexity index is 1470. The van der Waals surface area contributed by atoms with Crippen molar-refractivity contribution < 1.29 is 28.5 Å². The smallest absolute Gasteiger partial charge is 0.260 e. The van der Waals surface area contributed by atoms with E-state index in [9.17, 15) is 9.59 Å². The molecule has 8 rings (SSSR count). The van der Waals surface area contributed by atoms with Gasteiger partial charge in [-0.2, -0.15) is 0 Å². The van der Waals surface area contributed by atoms with Crippen LogP contribution in [0.4, 0.5) is 10.8 Å². The molecule has 5 aliphatic rings. The Labute approximate surface area is 229 Å². The highest BCUT2D eigenvalue weighted by Crippen LogP contribution is 2.62. The summed E-state index contributed by atoms with van der Waals surface area (Å²) >= 11 is 1.48. The number of thiazole rings is 1. The summed E-state index contributed by atoms with van der Waals surface area (Å²) in [6.07, 6.45) is 3.51. The van der Waals surface area contributed by atoms with Crippen LogP contribution in [0, 0.1) is 0 Å². The largest absolute Gasteiger partial charge is 0.497 e. The highest BCUT2D eigenvalue weighted by atomic mass is 32.1. The zero-order chi connectivity index (χ0) is 26.9. The van der Waals surface area contributed by atoms with Gasteiger partial charge in [-0.05, 0) is 49.9 Å². The lowest BCUT2D eigenvalue weighted by atomic mass is 9.46. The van der Waals surface area contributed by atoms with Crippen molar-refractivity contribution in [1.29, 1.82) is 0 Å². The number of carbonyl (C=O) groups is 2. The second kappa shape index (κ2) is 8.80. The molecule has 2 aromatic carbocycles. The summed E-state index contributed by atoms with van der Waals surface area (Å²) in [7, 11) is 4.80. The van der Waals surface area contributed by atoms with Crippen LogP contribution in [0.25, 0.3) is 10.2 Å². The number of nitrogens with one attached hydrogen (secondary N) is 2. The van der Waals surface area contributed by atoms with Crippen molar-refractivity contribution in [2.75, 3.05) is 44.8 Å². The first kappa shape index (κ1) is 24.6. The molecule has 0 radical (unpaired) electrons. The van der Waals surface area contributed by atoms with Gasteiger partial charge in [0.25, 0.3) is 11.8 Å². The van der Waals surface area contributed by atoms with Crippen molar-refractivity contribution in [1.82, 2.24) is 10.3 Å². The van der Waals surface area contributed by atoms with Gasteiger partial charge in [-0.3, -0.25) is 9.59 Å². The normalized spacial score (nSPS) is 28.1. The first-order valence-electron chi connectivity index (χ1n) is 13.1. The van der Waals surface area contributed by atoms with Crippen LogP contribution in [0.1, 0.15) is 46.4 Å². The topological polar surface area (TPSA) is 111 Å². The van der Waals surface area contributed by atoms with Crippen molar-refractivity contribution >= 4 is 44.2 Å². The third-order valence-corrected chi connectivity index (χ3v) is 9.74. The molecule has 5 fully saturated rings. The summed E-state index contributed by atoms with van der Waals surface area (Å²) in [4.78, 5) is 34.4. The third-order valence-electron chi connectivity index (χ3n) is 8.64. The number of nitrogens with zero attached hydrogens (tertiary/aromatic N) is 2. The van der Waals surface area contributed by atoms with Crippen LogP contribution in [0.5, 0.6) is 11.5 Å². The quantitative estimate of drug-likeness (QED) is 0.438. The van der Waals surface area contributed by atoms with Crippen molar-refractivity contribution in [3.05, 3.63) is 41.5 Å². The van der Waals surface area contributed by atoms with Gasteiger partial charge in [0, 0.05) is 18.7 Å². The SMILES string of the molecule is COc1ccc(C(=O)NC23CC(OC)(C2)C3)c(NC(=O)c2c(OC)ccc3nc(N4C5COCC4C5)sc23)c1. The number of carbonyl (C=O) groups excluding carboxylic acids is 2. The zero-order valence-corrected chi connectivity index (χ0v) is 22.9. The maximum atomic E-state index is 13.8. The molecule has 3 aromatic rings. The Hall–Kier alpha value is -3.41. The van der Waals surface area contributed by atoms with Gasteiger partial charge < -0.3 is 34.5 Å². The molecule has 0 spiro atoms. The van der Waals surface area contributed by atoms with Crippen LogP contribution in [0.2, 0.25) is 0 Å². The standard InChI is InChI=1S/C28H30N4O6S/c1-35-17-4-5-18(24(33)31-27-12-28(13-27,14-27)37-3)20(9-17)29-25(34)22-21(36-2)7-6-19-23(22)39-26(30-19)32-15-8-16(32)11-38-10-15/h4-7,9,15-16H,8,10-14H2,1-3H3,(H,29,34)(H,31,33). The first-order valence-corrected chi connectivity index (χ1v) is 13.9. The number of aromatic nitrogens is 1. The molecule has 2 amide bonds. The maximum absolute atomic E-state index is 13.8. The maximum Gasteiger partial charge on any atom is 0.260 e. The fourth-order valence-electron chi connectivity index (χ4n) is 6.60. The molecular weight excluding hydrogens is 520 g/mol. The van der Waals surface area contributed by atoms with Crippen molar-refractivity contribution in [2.24, 2.45) is 0 Å². The van der Waals surface area contributed by atoms with Crippen molar-refractivity contribution in [3.8, 4) is 11.5 Å². The molecule has 39 heavy (non-hydrogen) atoms. The van der Waals surface area contributed by atoms with E-state index in [1.165, 1.54) is 18.4 Å². The molecule has 2 atom stereocenters. The minimum absolute atomic E-state index is 0.0885. The van der Waals surface area contributed by atoms with E-state index in [1.807, 2.05) is 6.07 Å². The summed E-state index contributed by atoms with van der Waals surface area (Å²) in [6.45, 7) is 1.38. The lowest BCUT2D eigenvalue weighted by Crippen LogP contribution is -2.79. The molecule has 2 aliphatic heterocycles. The summed E-state index contributed by atoms with van der Waals surface area (Å²) in [6, 6.07) is 9.33. The molecule has 11 heteroatoms. The van der Waals surface area contributed by atoms with Gasteiger partial charge in [-0.25, -0.2) is 4.98 Å². The van der Waals surface area contributed by atoms with E-state index in [-0.39, 0.29) is 23.0 Å². The summed E-state index contributed by atoms with van der Waals surface area (Å²) < 4.78 is 22.9. The summed E-state index contributed by atoms with van der Waals surface area (Å²) in [5.41, 5.74) is 1.52. The predicted molar refractivity (Wildman–Crippen MR) is 146 cm³/mol. The molecule has 2 N–H and O–H groups in total. The minimum Gasteiger partial charge on any atom is -0.497 e. The Kier molecular flexibility index (Phi) is 5.56. The van der Waals surface area contributed by atoms with Crippen LogP contribution < -0.4 is 25.0 Å². The van der Waals surface area contributed by atoms with Gasteiger partial charge in [-0.1, -0.05) is 11.3 Å². The van der Waals surface area contributed by atoms with E-state index < -0.39 is 0 Å². The average molecular weight is 551 g/mol. The zero-order valence-electron chi connectivity index (χ0n) is 22.0. The summed E-state index contributed by atoms with van der Waals surface area (Å²) in [5, 5.41) is 7.02. The lowest BCUT2D eigenvalue weighted by molar-refractivity contribution is -0.233. The molecular formula is C28H30N4O6S. The Morgan fingerprint density at radius 2 is 1.82 bits per heavy atom. The second-order valence-corrected chi connectivity index (χ2v) is 12.0. The number of hydrogen-bond donors (Lipinski definition) is 2. The van der Waals surface area contributed by atoms with Gasteiger partial charge >= 0.3 is 0 Å². The molecule has 204 valence electrons. The van der Waals surface area contributed by atoms with Gasteiger partial charge in [0.15, 0.2) is 5.13 Å². The third kappa shape index (κ3) is 3.78. The van der Waals surface area contributed by atoms with E-state index in [1.54, 1.807) is 38.5 Å². The van der Waals surface area contributed by atoms with Crippen molar-refractivity contribution in [2.45, 2.75) is 48.9 Å². The highest BCUT2D eigenvalue weighted by molar-refractivity contribution is 7.22. The Morgan fingerprint density at radius 1 is 1.05 bits per heavy atom. The minimum atomic E-state index is -0.383. The molecule has 2 unspecified atom stereocenters. The molecule has 10 nitrogen and oxygen atoms in total. The Morgan fingerprint density at radius 3 is 2.49 bits per heavy atom. The van der Waals surface area contributed by atoms with E-state index in [0.29, 0.717) is 53.6 Å². The summed E-state index contributed by atoms with van der Waals surface area (Å²) in [5.74, 6) is 0.345. The van der Waals surface area contributed by atoms with E-state index in [2.05, 4.69) is 15.5 Å². The predicted octanol–water partition coefficient (Wildman–Crippen LogP) is 3.59. The van der Waals surface area contributed by atoms with Crippen molar-refractivity contribution in [3.63, 3.8) is 0 Å². The van der Waals surface area contributed by atoms with Gasteiger partial charge in [0.2, 0.25) is 0 Å². The molecule has 3 heterocycles. The number of methoxy groups -OCH3 is 3. The first-order chi connectivity index (χ1) is 18.9. The van der Waals surface area contributed by atoms with Crippen LogP contribution >= 0.6 is 11.3 Å². The van der Waals surface area contributed by atoms with Gasteiger partial charge in [-0.15, -0.1) is 0 Å². The van der Waals surface area contributed by atoms with Crippen LogP contribution in [-0.4, -0.2) is 74.6 Å². The number of rotatable bonds is 8. The second-order valence-electron chi connectivity index (χ2n) is 11.0. The number of amides is 2. The van der Waals surface area contributed by atoms with E-state index >= 15 is 0 Å². The number of benzene rings is 2. The average Bonchev–Trinajstić information content (AvgIpc) is 3.32. The van der Waals surface area contributed by atoms with Crippen LogP contribution in [0.3, 0.4) is 0 Å². The van der Waals surface area contributed by atoms with Gasteiger partial charge in [0.05, 0.1) is 66.6 Å². The molecule has 4 bridgehead atoms. The number of fused-ring (bicyclic) bond motifs is 3. The van der Waals surface area contributed by atoms with E-state index in [0.717, 1.165) is 41.0 Å². The fraction of sp³-hybridized carbons (Fsp3) is 0.464. The molecule has 2 saturated heterocycles. The van der Waals surface area contributed by atoms with Gasteiger partial charge in [0.1, 0.15) is 17.1 Å².